The Balaban J connectivity index is 2.10. The fourth-order valence-electron chi connectivity index (χ4n) is 5.24. The molecule has 11 heteroatoms. The highest BCUT2D eigenvalue weighted by molar-refractivity contribution is 5.92. The van der Waals surface area contributed by atoms with Gasteiger partial charge in [-0.2, -0.15) is 0 Å². The molecule has 1 aromatic rings. The third kappa shape index (κ3) is 12.5. The normalized spacial score (nSPS) is 16.7. The summed E-state index contributed by atoms with van der Waals surface area (Å²) in [5, 5.41) is 30.2. The van der Waals surface area contributed by atoms with Gasteiger partial charge in [0.2, 0.25) is 11.8 Å². The first-order valence-electron chi connectivity index (χ1n) is 14.9. The lowest BCUT2D eigenvalue weighted by Crippen LogP contribution is -2.59. The minimum absolute atomic E-state index is 0.226. The van der Waals surface area contributed by atoms with Crippen LogP contribution in [0.2, 0.25) is 0 Å². The zero-order chi connectivity index (χ0) is 30.2. The maximum atomic E-state index is 13.5. The number of carboxylic acids is 1. The smallest absolute Gasteiger partial charge is 0.326 e. The second-order valence-electron chi connectivity index (χ2n) is 11.4. The van der Waals surface area contributed by atoms with E-state index in [2.05, 4.69) is 21.3 Å². The van der Waals surface area contributed by atoms with Gasteiger partial charge in [-0.3, -0.25) is 9.59 Å². The largest absolute Gasteiger partial charge is 0.480 e. The Hall–Kier alpha value is -3.18. The Bertz CT molecular complexity index is 954. The summed E-state index contributed by atoms with van der Waals surface area (Å²) in [5.41, 5.74) is 6.46. The molecule has 1 aliphatic rings. The van der Waals surface area contributed by atoms with Crippen molar-refractivity contribution in [3.8, 4) is 0 Å². The summed E-state index contributed by atoms with van der Waals surface area (Å²) in [6.07, 6.45) is 7.35. The number of carbonyl (C=O) groups excluding carboxylic acids is 3. The number of rotatable bonds is 17. The second kappa shape index (κ2) is 18.3. The summed E-state index contributed by atoms with van der Waals surface area (Å²) in [6, 6.07) is 5.28. The van der Waals surface area contributed by atoms with E-state index in [0.29, 0.717) is 32.2 Å². The molecule has 0 aromatic heterocycles. The summed E-state index contributed by atoms with van der Waals surface area (Å²) >= 11 is 0. The van der Waals surface area contributed by atoms with Gasteiger partial charge in [0.1, 0.15) is 18.1 Å². The van der Waals surface area contributed by atoms with Crippen LogP contribution in [0.15, 0.2) is 30.3 Å². The van der Waals surface area contributed by atoms with Gasteiger partial charge in [-0.15, -0.1) is 0 Å². The van der Waals surface area contributed by atoms with Gasteiger partial charge < -0.3 is 37.2 Å². The van der Waals surface area contributed by atoms with Crippen LogP contribution >= 0.6 is 0 Å². The second-order valence-corrected chi connectivity index (χ2v) is 11.4. The first-order valence-corrected chi connectivity index (χ1v) is 14.9. The molecule has 8 N–H and O–H groups in total. The first-order chi connectivity index (χ1) is 19.6. The van der Waals surface area contributed by atoms with E-state index in [-0.39, 0.29) is 24.9 Å². The van der Waals surface area contributed by atoms with E-state index in [0.717, 1.165) is 37.7 Å². The molecule has 1 unspecified atom stereocenters. The Labute approximate surface area is 243 Å². The summed E-state index contributed by atoms with van der Waals surface area (Å²) in [6.45, 7) is 3.79. The summed E-state index contributed by atoms with van der Waals surface area (Å²) < 4.78 is 0. The van der Waals surface area contributed by atoms with E-state index in [1.165, 1.54) is 0 Å². The number of unbranched alkanes of at least 4 members (excludes halogenated alkanes) is 1. The lowest BCUT2D eigenvalue weighted by atomic mass is 9.84. The molecule has 0 bridgehead atoms. The van der Waals surface area contributed by atoms with Gasteiger partial charge in [0.15, 0.2) is 0 Å². The number of nitrogens with two attached hydrogens (primary N) is 1. The van der Waals surface area contributed by atoms with Gasteiger partial charge in [-0.25, -0.2) is 9.59 Å². The minimum Gasteiger partial charge on any atom is -0.480 e. The highest BCUT2D eigenvalue weighted by Crippen LogP contribution is 2.27. The van der Waals surface area contributed by atoms with Gasteiger partial charge in [0, 0.05) is 0 Å². The Morgan fingerprint density at radius 2 is 1.56 bits per heavy atom. The number of amides is 4. The molecule has 1 aromatic carbocycles. The minimum atomic E-state index is -1.16. The molecule has 41 heavy (non-hydrogen) atoms. The standard InChI is InChI=1S/C30H49N5O6/c1-20(2)26(28(38)32-23(19-36)17-21-11-5-3-6-12-21)35-27(37)25(18-22-13-7-4-8-14-22)34-30(41)33-24(29(39)40)15-9-10-16-31/h3,5-6,11-12,20,22-26,36H,4,7-10,13-19,31H2,1-2H3,(H,32,38)(H,35,37)(H,39,40)(H2,33,34,41)/t23-,24-,25?,26+/m0/s1. The van der Waals surface area contributed by atoms with Crippen LogP contribution in [0.3, 0.4) is 0 Å². The molecule has 4 amide bonds. The number of carboxylic acid groups (broad SMARTS) is 1. The van der Waals surface area contributed by atoms with Gasteiger partial charge in [0.05, 0.1) is 12.6 Å². The Kier molecular flexibility index (Phi) is 15.2. The summed E-state index contributed by atoms with van der Waals surface area (Å²) in [4.78, 5) is 51.3. The maximum absolute atomic E-state index is 13.5. The van der Waals surface area contributed by atoms with Crippen LogP contribution in [-0.4, -0.2) is 71.3 Å². The third-order valence-electron chi connectivity index (χ3n) is 7.60. The van der Waals surface area contributed by atoms with E-state index in [1.807, 2.05) is 44.2 Å². The van der Waals surface area contributed by atoms with Gasteiger partial charge in [0.25, 0.3) is 0 Å². The third-order valence-corrected chi connectivity index (χ3v) is 7.60. The highest BCUT2D eigenvalue weighted by atomic mass is 16.4. The molecular formula is C30H49N5O6. The number of urea groups is 1. The fraction of sp³-hybridized carbons (Fsp3) is 0.667. The predicted molar refractivity (Wildman–Crippen MR) is 157 cm³/mol. The van der Waals surface area contributed by atoms with Crippen molar-refractivity contribution < 1.29 is 29.4 Å². The predicted octanol–water partition coefficient (Wildman–Crippen LogP) is 2.07. The van der Waals surface area contributed by atoms with E-state index in [4.69, 9.17) is 5.73 Å². The van der Waals surface area contributed by atoms with Crippen LogP contribution in [0, 0.1) is 11.8 Å². The van der Waals surface area contributed by atoms with Crippen molar-refractivity contribution in [2.45, 2.75) is 102 Å². The molecule has 0 heterocycles. The monoisotopic (exact) mass is 575 g/mol. The average molecular weight is 576 g/mol. The number of benzene rings is 1. The van der Waals surface area contributed by atoms with Crippen molar-refractivity contribution in [1.29, 1.82) is 0 Å². The number of aliphatic hydroxyl groups is 1. The zero-order valence-electron chi connectivity index (χ0n) is 24.4. The number of hydrogen-bond acceptors (Lipinski definition) is 6. The number of hydrogen-bond donors (Lipinski definition) is 7. The molecule has 0 radical (unpaired) electrons. The van der Waals surface area contributed by atoms with Crippen LogP contribution in [-0.2, 0) is 20.8 Å². The van der Waals surface area contributed by atoms with Crippen LogP contribution in [0.25, 0.3) is 0 Å². The Morgan fingerprint density at radius 1 is 0.902 bits per heavy atom. The quantitative estimate of drug-likeness (QED) is 0.139. The van der Waals surface area contributed by atoms with E-state index < -0.39 is 48.0 Å². The van der Waals surface area contributed by atoms with Crippen molar-refractivity contribution in [3.63, 3.8) is 0 Å². The van der Waals surface area contributed by atoms with Crippen molar-refractivity contribution in [2.75, 3.05) is 13.2 Å². The van der Waals surface area contributed by atoms with Crippen LogP contribution in [0.5, 0.6) is 0 Å². The molecule has 1 fully saturated rings. The molecule has 0 spiro atoms. The SMILES string of the molecule is CC(C)[C@@H](NC(=O)C(CC1CCCCC1)NC(=O)N[C@@H](CCCCN)C(=O)O)C(=O)N[C@H](CO)Cc1ccccc1. The average Bonchev–Trinajstić information content (AvgIpc) is 2.95. The van der Waals surface area contributed by atoms with E-state index >= 15 is 0 Å². The van der Waals surface area contributed by atoms with Crippen molar-refractivity contribution in [2.24, 2.45) is 17.6 Å². The summed E-state index contributed by atoms with van der Waals surface area (Å²) in [5.74, 6) is -2.11. The van der Waals surface area contributed by atoms with Crippen LogP contribution < -0.4 is 27.0 Å². The van der Waals surface area contributed by atoms with Crippen molar-refractivity contribution in [1.82, 2.24) is 21.3 Å². The van der Waals surface area contributed by atoms with Gasteiger partial charge >= 0.3 is 12.0 Å². The van der Waals surface area contributed by atoms with E-state index in [9.17, 15) is 29.4 Å². The highest BCUT2D eigenvalue weighted by Gasteiger charge is 2.32. The van der Waals surface area contributed by atoms with Crippen LogP contribution in [0.1, 0.15) is 77.2 Å². The number of aliphatic carboxylic acids is 1. The topological polar surface area (TPSA) is 183 Å². The van der Waals surface area contributed by atoms with Gasteiger partial charge in [-0.1, -0.05) is 76.3 Å². The molecule has 1 saturated carbocycles. The van der Waals surface area contributed by atoms with Crippen molar-refractivity contribution in [3.05, 3.63) is 35.9 Å². The van der Waals surface area contributed by atoms with Crippen molar-refractivity contribution >= 4 is 23.8 Å². The molecular weight excluding hydrogens is 526 g/mol. The molecule has 1 aliphatic carbocycles. The van der Waals surface area contributed by atoms with E-state index in [1.54, 1.807) is 0 Å². The Morgan fingerprint density at radius 3 is 2.15 bits per heavy atom. The van der Waals surface area contributed by atoms with Gasteiger partial charge in [-0.05, 0) is 56.0 Å². The number of aliphatic hydroxyl groups excluding tert-OH is 1. The number of carbonyl (C=O) groups is 4. The lowest BCUT2D eigenvalue weighted by Gasteiger charge is -2.30. The molecule has 0 aliphatic heterocycles. The fourth-order valence-corrected chi connectivity index (χ4v) is 5.24. The molecule has 0 saturated heterocycles. The zero-order valence-corrected chi connectivity index (χ0v) is 24.4. The first kappa shape index (κ1) is 34.0. The van der Waals surface area contributed by atoms with Crippen LogP contribution in [0.4, 0.5) is 4.79 Å². The molecule has 4 atom stereocenters. The molecule has 2 rings (SSSR count). The maximum Gasteiger partial charge on any atom is 0.326 e. The molecule has 11 nitrogen and oxygen atoms in total. The summed E-state index contributed by atoms with van der Waals surface area (Å²) in [7, 11) is 0. The number of nitrogens with one attached hydrogen (secondary N) is 4. The lowest BCUT2D eigenvalue weighted by molar-refractivity contribution is -0.139. The molecule has 230 valence electrons.